The summed E-state index contributed by atoms with van der Waals surface area (Å²) in [4.78, 5) is 26.5. The molecule has 95 heavy (non-hydrogen) atoms. The highest BCUT2D eigenvalue weighted by Crippen LogP contribution is 2.47. The number of nitrogens with one attached hydrogen (secondary N) is 1. The lowest BCUT2D eigenvalue weighted by Gasteiger charge is -2.35. The molecule has 4 aromatic carbocycles. The molecule has 28 heteroatoms. The average Bonchev–Trinajstić information content (AvgIpc) is 1.62. The Kier molecular flexibility index (Phi) is 19.6. The number of nitrogens with zero attached hydrogens (tertiary/aromatic N) is 8. The Bertz CT molecular complexity index is 5130. The zero-order chi connectivity index (χ0) is 69.0. The van der Waals surface area contributed by atoms with E-state index in [4.69, 9.17) is 75.9 Å². The molecule has 6 aromatic heterocycles. The number of aryl methyl sites for hydroxylation is 4. The fourth-order valence-corrected chi connectivity index (χ4v) is 16.8. The number of hydrogen-bond acceptors (Lipinski definition) is 15. The van der Waals surface area contributed by atoms with Crippen molar-refractivity contribution in [3.05, 3.63) is 188 Å². The first-order valence-corrected chi connectivity index (χ1v) is 37.9. The number of hydrogen-bond donors (Lipinski definition) is 4. The summed E-state index contributed by atoms with van der Waals surface area (Å²) in [6, 6.07) is 18.0. The number of benzene rings is 4. The minimum absolute atomic E-state index is 0.0851. The average molecular weight is 1420 g/mol. The Labute approximate surface area is 566 Å². The van der Waals surface area contributed by atoms with Crippen LogP contribution in [-0.4, -0.2) is 103 Å². The van der Waals surface area contributed by atoms with E-state index in [2.05, 4.69) is 43.6 Å². The summed E-state index contributed by atoms with van der Waals surface area (Å²) in [6.45, 7) is 29.7. The van der Waals surface area contributed by atoms with E-state index < -0.39 is 51.0 Å². The van der Waals surface area contributed by atoms with Gasteiger partial charge in [-0.3, -0.25) is 19.1 Å². The Morgan fingerprint density at radius 1 is 0.495 bits per heavy atom. The molecule has 6 heterocycles. The normalized spacial score (nSPS) is 18.4. The lowest BCUT2D eigenvalue weighted by molar-refractivity contribution is 0.130. The van der Waals surface area contributed by atoms with Gasteiger partial charge in [-0.2, -0.15) is 8.42 Å². The lowest BCUT2D eigenvalue weighted by Crippen LogP contribution is -2.41. The molecular weight excluding hydrogens is 1350 g/mol. The van der Waals surface area contributed by atoms with Crippen molar-refractivity contribution in [2.75, 3.05) is 36.0 Å². The van der Waals surface area contributed by atoms with Crippen LogP contribution in [0.5, 0.6) is 0 Å². The van der Waals surface area contributed by atoms with E-state index in [-0.39, 0.29) is 40.3 Å². The third-order valence-corrected chi connectivity index (χ3v) is 25.0. The maximum absolute atomic E-state index is 11.9. The van der Waals surface area contributed by atoms with E-state index in [1.54, 1.807) is 30.7 Å². The van der Waals surface area contributed by atoms with Gasteiger partial charge in [-0.05, 0) is 148 Å². The molecule has 3 aliphatic rings. The van der Waals surface area contributed by atoms with E-state index in [0.29, 0.717) is 86.0 Å². The van der Waals surface area contributed by atoms with Gasteiger partial charge in [0.2, 0.25) is 0 Å². The second-order valence-electron chi connectivity index (χ2n) is 24.3. The minimum atomic E-state index is -3.80. The number of aromatic nitrogens is 6. The molecule has 0 spiro atoms. The Morgan fingerprint density at radius 2 is 0.853 bits per heavy atom. The topological polar surface area (TPSA) is 301 Å². The molecule has 0 bridgehead atoms. The van der Waals surface area contributed by atoms with Crippen LogP contribution in [0.3, 0.4) is 0 Å². The summed E-state index contributed by atoms with van der Waals surface area (Å²) in [5.74, 6) is 0. The Balaban J connectivity index is 0.000000140. The highest BCUT2D eigenvalue weighted by atomic mass is 35.5. The number of nitrogens with two attached hydrogens (primary N) is 3. The number of fused-ring (bicyclic) bond motifs is 3. The van der Waals surface area contributed by atoms with Crippen LogP contribution in [0.4, 0.5) is 34.1 Å². The van der Waals surface area contributed by atoms with Gasteiger partial charge >= 0.3 is 0 Å². The van der Waals surface area contributed by atoms with Crippen LogP contribution in [0.2, 0.25) is 15.1 Å². The lowest BCUT2D eigenvalue weighted by atomic mass is 9.92. The van der Waals surface area contributed by atoms with Gasteiger partial charge in [-0.25, -0.2) is 39.8 Å². The van der Waals surface area contributed by atoms with E-state index in [1.165, 1.54) is 43.2 Å². The predicted molar refractivity (Wildman–Crippen MR) is 378 cm³/mol. The van der Waals surface area contributed by atoms with Gasteiger partial charge in [-0.15, -0.1) is 0 Å². The second-order valence-corrected chi connectivity index (χ2v) is 33.9. The molecule has 3 aliphatic carbocycles. The van der Waals surface area contributed by atoms with E-state index in [0.717, 1.165) is 83.5 Å². The SMILES string of the molecule is Cc1ccc(S(=O)(=O)OC2CC(S(C)(=O)=O)C2)cc1.[C-]#[N+]c1cc2c(-c3cncc(N)c3Cl)c[nH]c2cc1C.[C-]#[N+]c1cc2c(-c3cncc(N)c3Cl)cn(C3CC(S(C)(=O)=O)C3)c2cc1C.[C-]#[N+]c1cc2c(-c3cncc(N)c3Cl)cn(C3CC(S(C)(=O)=O)C3)c2cc1C. The van der Waals surface area contributed by atoms with Crippen LogP contribution in [0.25, 0.3) is 80.6 Å². The fraction of sp³-hybridized carbons (Fsp3) is 0.284. The van der Waals surface area contributed by atoms with Crippen LogP contribution < -0.4 is 17.2 Å². The van der Waals surface area contributed by atoms with E-state index in [9.17, 15) is 33.7 Å². The maximum atomic E-state index is 11.9. The number of H-pyrrole nitrogens is 1. The highest BCUT2D eigenvalue weighted by molar-refractivity contribution is 7.92. The monoisotopic (exact) mass is 1410 g/mol. The first-order chi connectivity index (χ1) is 44.7. The van der Waals surface area contributed by atoms with Crippen LogP contribution in [-0.2, 0) is 43.8 Å². The largest absolute Gasteiger partial charge is 0.396 e. The molecular formula is C67H65Cl3N12O9S4. The fourth-order valence-electron chi connectivity index (χ4n) is 11.7. The van der Waals surface area contributed by atoms with Gasteiger partial charge in [-0.1, -0.05) is 52.5 Å². The first kappa shape index (κ1) is 69.3. The van der Waals surface area contributed by atoms with Crippen molar-refractivity contribution in [1.29, 1.82) is 0 Å². The molecule has 13 rings (SSSR count). The Morgan fingerprint density at radius 3 is 1.23 bits per heavy atom. The number of sulfone groups is 3. The van der Waals surface area contributed by atoms with Gasteiger partial charge in [0.1, 0.15) is 19.7 Å². The van der Waals surface area contributed by atoms with Crippen LogP contribution in [0.1, 0.15) is 72.9 Å². The molecule has 0 amide bonds. The summed E-state index contributed by atoms with van der Waals surface area (Å²) < 4.78 is 103. The van der Waals surface area contributed by atoms with E-state index in [1.807, 2.05) is 82.7 Å². The minimum Gasteiger partial charge on any atom is -0.396 e. The van der Waals surface area contributed by atoms with Crippen molar-refractivity contribution >= 4 is 141 Å². The van der Waals surface area contributed by atoms with Crippen LogP contribution in [0.15, 0.2) is 121 Å². The van der Waals surface area contributed by atoms with Gasteiger partial charge in [0.25, 0.3) is 10.1 Å². The quantitative estimate of drug-likeness (QED) is 0.0691. The molecule has 0 saturated heterocycles. The molecule has 0 aliphatic heterocycles. The van der Waals surface area contributed by atoms with Crippen LogP contribution >= 0.6 is 34.8 Å². The van der Waals surface area contributed by atoms with Gasteiger partial charge in [0.05, 0.1) is 97.2 Å². The van der Waals surface area contributed by atoms with Gasteiger partial charge in [0, 0.05) is 118 Å². The van der Waals surface area contributed by atoms with Crippen molar-refractivity contribution in [1.82, 2.24) is 29.1 Å². The number of rotatable bonds is 11. The number of aromatic amines is 1. The van der Waals surface area contributed by atoms with Crippen molar-refractivity contribution in [2.45, 2.75) is 105 Å². The first-order valence-electron chi connectivity index (χ1n) is 29.5. The molecule has 0 unspecified atom stereocenters. The molecule has 492 valence electrons. The third-order valence-electron chi connectivity index (χ3n) is 17.6. The second kappa shape index (κ2) is 26.9. The molecule has 7 N–H and O–H groups in total. The summed E-state index contributed by atoms with van der Waals surface area (Å²) in [6.07, 6.45) is 21.3. The highest BCUT2D eigenvalue weighted by Gasteiger charge is 2.41. The van der Waals surface area contributed by atoms with Gasteiger partial charge < -0.3 is 31.3 Å². The van der Waals surface area contributed by atoms with Crippen LogP contribution in [0, 0.1) is 47.4 Å². The summed E-state index contributed by atoms with van der Waals surface area (Å²) >= 11 is 19.1. The zero-order valence-corrected chi connectivity index (χ0v) is 58.0. The molecule has 10 aromatic rings. The van der Waals surface area contributed by atoms with Crippen molar-refractivity contribution in [3.8, 4) is 33.4 Å². The number of anilines is 3. The molecule has 0 radical (unpaired) electrons. The molecule has 3 saturated carbocycles. The number of pyridine rings is 3. The van der Waals surface area contributed by atoms with E-state index >= 15 is 0 Å². The van der Waals surface area contributed by atoms with Crippen molar-refractivity contribution < 1.29 is 37.9 Å². The third kappa shape index (κ3) is 14.4. The molecule has 0 atom stereocenters. The number of nitrogen functional groups attached to an aromatic ring is 3. The van der Waals surface area contributed by atoms with Crippen molar-refractivity contribution in [3.63, 3.8) is 0 Å². The zero-order valence-electron chi connectivity index (χ0n) is 52.4. The smallest absolute Gasteiger partial charge is 0.297 e. The van der Waals surface area contributed by atoms with Crippen molar-refractivity contribution in [2.24, 2.45) is 0 Å². The summed E-state index contributed by atoms with van der Waals surface area (Å²) in [5, 5.41) is 2.93. The molecule has 21 nitrogen and oxygen atoms in total. The summed E-state index contributed by atoms with van der Waals surface area (Å²) in [5.41, 5.74) is 31.9. The predicted octanol–water partition coefficient (Wildman–Crippen LogP) is 14.7. The number of halogens is 3. The maximum Gasteiger partial charge on any atom is 0.297 e. The summed E-state index contributed by atoms with van der Waals surface area (Å²) in [7, 11) is -13.0. The van der Waals surface area contributed by atoms with Gasteiger partial charge in [0.15, 0.2) is 26.9 Å². The standard InChI is InChI=1S/2C20H19ClN4O2S.C15H11ClN4.C12H16O5S2/c2*1-11-4-19-14(7-18(11)23-2)16(15-8-24-9-17(22)20(15)21)10-25(19)12-5-13(6-12)28(3,26)27;1-8-3-14-9(4-13(8)18-2)10(6-20-14)11-5-19-7-12(17)15(11)16;1-9-3-5-11(6-4-9)19(15,16)17-10-7-12(8-10)18(2,13)14/h2*4,7-10,12-13H,5-6,22H2,1,3H3;3-7,20H,17H2,1H3;3-6,10,12H,7-8H2,1-2H3. The Hall–Kier alpha value is -8.55. The molecule has 3 fully saturated rings.